The Hall–Kier alpha value is -2.40. The van der Waals surface area contributed by atoms with E-state index in [0.717, 1.165) is 51.1 Å². The summed E-state index contributed by atoms with van der Waals surface area (Å²) in [5.41, 5.74) is 2.07. The molecule has 7 nitrogen and oxygen atoms in total. The van der Waals surface area contributed by atoms with Crippen LogP contribution < -0.4 is 5.32 Å². The minimum absolute atomic E-state index is 0.206. The molecule has 0 saturated carbocycles. The van der Waals surface area contributed by atoms with Gasteiger partial charge in [-0.05, 0) is 56.2 Å². The Morgan fingerprint density at radius 1 is 0.971 bits per heavy atom. The summed E-state index contributed by atoms with van der Waals surface area (Å²) in [4.78, 5) is 22.1. The topological polar surface area (TPSA) is 92.3 Å². The van der Waals surface area contributed by atoms with Gasteiger partial charge in [-0.3, -0.25) is 10.1 Å². The molecule has 0 atom stereocenters. The van der Waals surface area contributed by atoms with E-state index < -0.39 is 10.0 Å². The van der Waals surface area contributed by atoms with Gasteiger partial charge in [0, 0.05) is 18.7 Å². The summed E-state index contributed by atoms with van der Waals surface area (Å²) < 4.78 is 29.9. The van der Waals surface area contributed by atoms with Crippen molar-refractivity contribution in [2.24, 2.45) is 0 Å². The van der Waals surface area contributed by atoms with Crippen molar-refractivity contribution in [1.29, 1.82) is 0 Å². The Labute approximate surface area is 207 Å². The van der Waals surface area contributed by atoms with Crippen molar-refractivity contribution in [1.82, 2.24) is 14.3 Å². The van der Waals surface area contributed by atoms with Crippen LogP contribution in [0.2, 0.25) is 0 Å². The minimum Gasteiger partial charge on any atom is -0.298 e. The highest BCUT2D eigenvalue weighted by molar-refractivity contribution is 7.89. The normalized spacial score (nSPS) is 12.1. The van der Waals surface area contributed by atoms with E-state index in [1.165, 1.54) is 23.5 Å². The fraction of sp³-hybridized carbons (Fsp3) is 0.375. The number of carbonyl (C=O) groups is 1. The first-order chi connectivity index (χ1) is 16.3. The van der Waals surface area contributed by atoms with E-state index in [-0.39, 0.29) is 10.8 Å². The number of aromatic nitrogens is 2. The number of nitrogens with one attached hydrogen (secondary N) is 1. The molecule has 0 aliphatic carbocycles. The van der Waals surface area contributed by atoms with Crippen molar-refractivity contribution >= 4 is 64.2 Å². The Morgan fingerprint density at radius 2 is 1.65 bits per heavy atom. The molecule has 1 amide bonds. The monoisotopic (exact) mass is 516 g/mol. The summed E-state index contributed by atoms with van der Waals surface area (Å²) in [5.74, 6) is -0.331. The average molecular weight is 517 g/mol. The van der Waals surface area contributed by atoms with Crippen molar-refractivity contribution in [3.05, 3.63) is 47.0 Å². The average Bonchev–Trinajstić information content (AvgIpc) is 3.41. The zero-order chi connectivity index (χ0) is 24.3. The molecular formula is C24H28N4O3S3. The number of nitrogens with zero attached hydrogens (tertiary/aromatic N) is 3. The number of thiazole rings is 2. The van der Waals surface area contributed by atoms with Crippen LogP contribution in [0.25, 0.3) is 20.4 Å². The molecule has 2 aromatic carbocycles. The molecule has 4 rings (SSSR count). The molecule has 2 aromatic heterocycles. The van der Waals surface area contributed by atoms with Gasteiger partial charge < -0.3 is 0 Å². The number of aryl methyl sites for hydroxylation is 1. The van der Waals surface area contributed by atoms with Crippen LogP contribution in [0.5, 0.6) is 0 Å². The van der Waals surface area contributed by atoms with Crippen molar-refractivity contribution in [2.45, 2.75) is 51.3 Å². The number of anilines is 1. The lowest BCUT2D eigenvalue weighted by Gasteiger charge is -2.22. The van der Waals surface area contributed by atoms with Gasteiger partial charge in [-0.2, -0.15) is 4.31 Å². The zero-order valence-electron chi connectivity index (χ0n) is 19.5. The SMILES string of the molecule is CCCCN(CCCC)S(=O)(=O)c1ccc(C(=O)Nc2nc3ccc4sc(C)nc4c3s2)cc1. The van der Waals surface area contributed by atoms with Crippen molar-refractivity contribution in [3.63, 3.8) is 0 Å². The molecule has 0 saturated heterocycles. The molecule has 2 heterocycles. The molecule has 0 aliphatic rings. The van der Waals surface area contributed by atoms with E-state index in [0.29, 0.717) is 23.8 Å². The van der Waals surface area contributed by atoms with Crippen molar-refractivity contribution in [2.75, 3.05) is 18.4 Å². The molecule has 180 valence electrons. The first-order valence-electron chi connectivity index (χ1n) is 11.4. The first kappa shape index (κ1) is 24.7. The van der Waals surface area contributed by atoms with Gasteiger partial charge in [-0.25, -0.2) is 18.4 Å². The number of amides is 1. The zero-order valence-corrected chi connectivity index (χ0v) is 21.9. The summed E-state index contributed by atoms with van der Waals surface area (Å²) in [6.45, 7) is 7.07. The number of fused-ring (bicyclic) bond motifs is 3. The van der Waals surface area contributed by atoms with Gasteiger partial charge >= 0.3 is 0 Å². The van der Waals surface area contributed by atoms with Gasteiger partial charge in [0.05, 0.1) is 24.8 Å². The number of unbranched alkanes of at least 4 members (excludes halogenated alkanes) is 2. The van der Waals surface area contributed by atoms with Crippen LogP contribution in [0.4, 0.5) is 5.13 Å². The maximum absolute atomic E-state index is 13.1. The van der Waals surface area contributed by atoms with E-state index in [2.05, 4.69) is 15.3 Å². The smallest absolute Gasteiger partial charge is 0.257 e. The number of carbonyl (C=O) groups excluding carboxylic acids is 1. The Morgan fingerprint density at radius 3 is 2.29 bits per heavy atom. The highest BCUT2D eigenvalue weighted by atomic mass is 32.2. The first-order valence-corrected chi connectivity index (χ1v) is 14.5. The standard InChI is InChI=1S/C24H28N4O3S3/c1-4-6-14-28(15-7-5-2)34(30,31)18-10-8-17(9-11-18)23(29)27-24-26-19-12-13-20-21(22(19)33-24)25-16(3)32-20/h8-13H,4-7,14-15H2,1-3H3,(H,26,27,29). The molecule has 34 heavy (non-hydrogen) atoms. The Balaban J connectivity index is 1.52. The predicted molar refractivity (Wildman–Crippen MR) is 141 cm³/mol. The van der Waals surface area contributed by atoms with Gasteiger partial charge in [-0.1, -0.05) is 38.0 Å². The molecule has 0 unspecified atom stereocenters. The van der Waals surface area contributed by atoms with E-state index in [9.17, 15) is 13.2 Å². The van der Waals surface area contributed by atoms with Crippen LogP contribution in [0.3, 0.4) is 0 Å². The van der Waals surface area contributed by atoms with Gasteiger partial charge in [-0.15, -0.1) is 11.3 Å². The maximum Gasteiger partial charge on any atom is 0.257 e. The number of rotatable bonds is 10. The van der Waals surface area contributed by atoms with Gasteiger partial charge in [0.1, 0.15) is 5.52 Å². The number of hydrogen-bond donors (Lipinski definition) is 1. The number of hydrogen-bond acceptors (Lipinski definition) is 7. The number of sulfonamides is 1. The van der Waals surface area contributed by atoms with E-state index in [1.54, 1.807) is 27.8 Å². The largest absolute Gasteiger partial charge is 0.298 e. The quantitative estimate of drug-likeness (QED) is 0.277. The Kier molecular flexibility index (Phi) is 7.61. The van der Waals surface area contributed by atoms with E-state index in [1.807, 2.05) is 32.9 Å². The summed E-state index contributed by atoms with van der Waals surface area (Å²) in [6, 6.07) is 10.1. The van der Waals surface area contributed by atoms with Gasteiger partial charge in [0.2, 0.25) is 10.0 Å². The second-order valence-corrected chi connectivity index (χ2v) is 12.3. The second-order valence-electron chi connectivity index (χ2n) is 8.10. The lowest BCUT2D eigenvalue weighted by Crippen LogP contribution is -2.33. The molecule has 0 fully saturated rings. The van der Waals surface area contributed by atoms with Gasteiger partial charge in [0.15, 0.2) is 5.13 Å². The molecule has 0 bridgehead atoms. The summed E-state index contributed by atoms with van der Waals surface area (Å²) in [6.07, 6.45) is 3.49. The summed E-state index contributed by atoms with van der Waals surface area (Å²) in [5, 5.41) is 4.31. The minimum atomic E-state index is -3.60. The fourth-order valence-corrected chi connectivity index (χ4v) is 7.03. The van der Waals surface area contributed by atoms with Crippen molar-refractivity contribution < 1.29 is 13.2 Å². The molecule has 0 aliphatic heterocycles. The highest BCUT2D eigenvalue weighted by Gasteiger charge is 2.24. The Bertz CT molecular complexity index is 1400. The lowest BCUT2D eigenvalue weighted by atomic mass is 10.2. The predicted octanol–water partition coefficient (Wildman–Crippen LogP) is 6.06. The molecule has 10 heteroatoms. The molecule has 0 radical (unpaired) electrons. The third-order valence-corrected chi connectivity index (χ3v) is 9.36. The maximum atomic E-state index is 13.1. The van der Waals surface area contributed by atoms with Crippen LogP contribution in [0.15, 0.2) is 41.3 Å². The summed E-state index contributed by atoms with van der Waals surface area (Å²) in [7, 11) is -3.60. The molecule has 0 spiro atoms. The molecular weight excluding hydrogens is 488 g/mol. The third kappa shape index (κ3) is 5.14. The van der Waals surface area contributed by atoms with Crippen molar-refractivity contribution in [3.8, 4) is 0 Å². The second kappa shape index (κ2) is 10.5. The van der Waals surface area contributed by atoms with Crippen LogP contribution in [-0.2, 0) is 10.0 Å². The van der Waals surface area contributed by atoms with E-state index in [4.69, 9.17) is 0 Å². The van der Waals surface area contributed by atoms with E-state index >= 15 is 0 Å². The molecule has 4 aromatic rings. The third-order valence-electron chi connectivity index (χ3n) is 5.52. The highest BCUT2D eigenvalue weighted by Crippen LogP contribution is 2.34. The lowest BCUT2D eigenvalue weighted by molar-refractivity contribution is 0.102. The molecule has 1 N–H and O–H groups in total. The van der Waals surface area contributed by atoms with Gasteiger partial charge in [0.25, 0.3) is 5.91 Å². The van der Waals surface area contributed by atoms with Crippen LogP contribution in [0.1, 0.15) is 54.9 Å². The fourth-order valence-electron chi connectivity index (χ4n) is 3.66. The van der Waals surface area contributed by atoms with Crippen LogP contribution in [-0.4, -0.2) is 41.7 Å². The van der Waals surface area contributed by atoms with Crippen LogP contribution >= 0.6 is 22.7 Å². The van der Waals surface area contributed by atoms with Crippen LogP contribution in [0, 0.1) is 6.92 Å². The number of benzene rings is 2. The summed E-state index contributed by atoms with van der Waals surface area (Å²) >= 11 is 3.02.